The lowest BCUT2D eigenvalue weighted by molar-refractivity contribution is 0.0923. The van der Waals surface area contributed by atoms with Gasteiger partial charge < -0.3 is 9.88 Å². The number of benzene rings is 1. The first-order valence-electron chi connectivity index (χ1n) is 9.21. The summed E-state index contributed by atoms with van der Waals surface area (Å²) < 4.78 is 2.18. The van der Waals surface area contributed by atoms with Gasteiger partial charge in [-0.25, -0.2) is 4.98 Å². The fourth-order valence-corrected chi connectivity index (χ4v) is 4.06. The highest BCUT2D eigenvalue weighted by molar-refractivity contribution is 5.92. The number of fused-ring (bicyclic) bond motifs is 1. The van der Waals surface area contributed by atoms with Crippen molar-refractivity contribution in [3.63, 3.8) is 0 Å². The fraction of sp³-hybridized carbons (Fsp3) is 0.500. The molecule has 0 radical (unpaired) electrons. The van der Waals surface area contributed by atoms with Crippen molar-refractivity contribution < 1.29 is 4.79 Å². The lowest BCUT2D eigenvalue weighted by Gasteiger charge is -2.23. The molecule has 2 heterocycles. The standard InChI is InChI=1S/C20H25N3O/c24-20(21-17-9-5-2-6-10-17)18-14-23-13-16(11-12-19(23)22-18)15-7-3-1-4-8-15/h1,3-4,7-8,14,16-17H,2,5-6,9-13H2,(H,21,24). The monoisotopic (exact) mass is 323 g/mol. The normalized spacial score (nSPS) is 21.2. The number of hydrogen-bond donors (Lipinski definition) is 1. The summed E-state index contributed by atoms with van der Waals surface area (Å²) in [5, 5.41) is 3.17. The number of aryl methyl sites for hydroxylation is 1. The SMILES string of the molecule is O=C(NC1CCCCC1)c1cn2c(n1)CCC(c1ccccc1)C2. The van der Waals surface area contributed by atoms with Crippen LogP contribution in [0.3, 0.4) is 0 Å². The third kappa shape index (κ3) is 3.23. The molecule has 1 N–H and O–H groups in total. The van der Waals surface area contributed by atoms with Crippen molar-refractivity contribution >= 4 is 5.91 Å². The molecular formula is C20H25N3O. The number of nitrogens with one attached hydrogen (secondary N) is 1. The van der Waals surface area contributed by atoms with E-state index in [2.05, 4.69) is 45.2 Å². The van der Waals surface area contributed by atoms with Crippen LogP contribution < -0.4 is 5.32 Å². The molecule has 1 saturated carbocycles. The first kappa shape index (κ1) is 15.4. The zero-order valence-electron chi connectivity index (χ0n) is 14.1. The maximum absolute atomic E-state index is 12.5. The average molecular weight is 323 g/mol. The second-order valence-corrected chi connectivity index (χ2v) is 7.15. The maximum Gasteiger partial charge on any atom is 0.271 e. The Kier molecular flexibility index (Phi) is 4.37. The van der Waals surface area contributed by atoms with Gasteiger partial charge in [0, 0.05) is 31.1 Å². The van der Waals surface area contributed by atoms with Gasteiger partial charge >= 0.3 is 0 Å². The van der Waals surface area contributed by atoms with Crippen LogP contribution in [-0.4, -0.2) is 21.5 Å². The Balaban J connectivity index is 1.45. The summed E-state index contributed by atoms with van der Waals surface area (Å²) in [6, 6.07) is 11.0. The number of rotatable bonds is 3. The van der Waals surface area contributed by atoms with Crippen LogP contribution in [0.15, 0.2) is 36.5 Å². The Hall–Kier alpha value is -2.10. The molecule has 4 nitrogen and oxygen atoms in total. The Labute approximate surface area is 143 Å². The summed E-state index contributed by atoms with van der Waals surface area (Å²) in [4.78, 5) is 17.1. The van der Waals surface area contributed by atoms with Crippen molar-refractivity contribution in [1.29, 1.82) is 0 Å². The number of amides is 1. The topological polar surface area (TPSA) is 46.9 Å². The van der Waals surface area contributed by atoms with Crippen LogP contribution in [0.5, 0.6) is 0 Å². The van der Waals surface area contributed by atoms with Gasteiger partial charge in [0.05, 0.1) is 0 Å². The summed E-state index contributed by atoms with van der Waals surface area (Å²) in [7, 11) is 0. The lowest BCUT2D eigenvalue weighted by Crippen LogP contribution is -2.36. The van der Waals surface area contributed by atoms with Crippen molar-refractivity contribution in [3.05, 3.63) is 53.6 Å². The van der Waals surface area contributed by atoms with E-state index < -0.39 is 0 Å². The van der Waals surface area contributed by atoms with Crippen LogP contribution in [0.2, 0.25) is 0 Å². The third-order valence-electron chi connectivity index (χ3n) is 5.44. The van der Waals surface area contributed by atoms with Gasteiger partial charge in [0.15, 0.2) is 0 Å². The molecular weight excluding hydrogens is 298 g/mol. The maximum atomic E-state index is 12.5. The molecule has 1 amide bonds. The molecule has 1 aliphatic heterocycles. The van der Waals surface area contributed by atoms with E-state index in [9.17, 15) is 4.79 Å². The highest BCUT2D eigenvalue weighted by Crippen LogP contribution is 2.28. The lowest BCUT2D eigenvalue weighted by atomic mass is 9.92. The zero-order chi connectivity index (χ0) is 16.4. The van der Waals surface area contributed by atoms with Crippen LogP contribution in [0, 0.1) is 0 Å². The van der Waals surface area contributed by atoms with E-state index >= 15 is 0 Å². The molecule has 2 aliphatic rings. The van der Waals surface area contributed by atoms with Crippen molar-refractivity contribution in [2.45, 2.75) is 63.5 Å². The Morgan fingerprint density at radius 3 is 2.67 bits per heavy atom. The number of carbonyl (C=O) groups excluding carboxylic acids is 1. The molecule has 1 aliphatic carbocycles. The van der Waals surface area contributed by atoms with Crippen LogP contribution >= 0.6 is 0 Å². The van der Waals surface area contributed by atoms with Crippen molar-refractivity contribution in [2.75, 3.05) is 0 Å². The van der Waals surface area contributed by atoms with E-state index in [1.165, 1.54) is 24.8 Å². The van der Waals surface area contributed by atoms with Gasteiger partial charge in [0.2, 0.25) is 0 Å². The molecule has 4 heteroatoms. The number of imidazole rings is 1. The second-order valence-electron chi connectivity index (χ2n) is 7.15. The number of carbonyl (C=O) groups is 1. The van der Waals surface area contributed by atoms with Gasteiger partial charge in [-0.2, -0.15) is 0 Å². The summed E-state index contributed by atoms with van der Waals surface area (Å²) in [6.45, 7) is 0.920. The molecule has 0 bridgehead atoms. The van der Waals surface area contributed by atoms with Crippen LogP contribution in [0.1, 0.15) is 66.3 Å². The largest absolute Gasteiger partial charge is 0.348 e. The first-order valence-corrected chi connectivity index (χ1v) is 9.21. The molecule has 2 aromatic rings. The molecule has 126 valence electrons. The van der Waals surface area contributed by atoms with Crippen LogP contribution in [0.25, 0.3) is 0 Å². The molecule has 0 spiro atoms. The molecule has 1 aromatic carbocycles. The van der Waals surface area contributed by atoms with Gasteiger partial charge in [0.25, 0.3) is 5.91 Å². The van der Waals surface area contributed by atoms with Gasteiger partial charge in [-0.05, 0) is 24.8 Å². The van der Waals surface area contributed by atoms with Crippen LogP contribution in [-0.2, 0) is 13.0 Å². The minimum Gasteiger partial charge on any atom is -0.348 e. The summed E-state index contributed by atoms with van der Waals surface area (Å²) >= 11 is 0. The van der Waals surface area contributed by atoms with Gasteiger partial charge in [-0.1, -0.05) is 49.6 Å². The second kappa shape index (κ2) is 6.80. The van der Waals surface area contributed by atoms with E-state index in [0.29, 0.717) is 17.7 Å². The molecule has 4 rings (SSSR count). The smallest absolute Gasteiger partial charge is 0.271 e. The molecule has 1 aromatic heterocycles. The predicted molar refractivity (Wildman–Crippen MR) is 94.1 cm³/mol. The summed E-state index contributed by atoms with van der Waals surface area (Å²) in [5.74, 6) is 1.57. The number of hydrogen-bond acceptors (Lipinski definition) is 2. The van der Waals surface area contributed by atoms with E-state index in [0.717, 1.165) is 38.1 Å². The molecule has 1 unspecified atom stereocenters. The van der Waals surface area contributed by atoms with Gasteiger partial charge in [-0.15, -0.1) is 0 Å². The third-order valence-corrected chi connectivity index (χ3v) is 5.44. The minimum absolute atomic E-state index is 0.0000566. The first-order chi connectivity index (χ1) is 11.8. The molecule has 0 saturated heterocycles. The zero-order valence-corrected chi connectivity index (χ0v) is 14.1. The highest BCUT2D eigenvalue weighted by Gasteiger charge is 2.24. The van der Waals surface area contributed by atoms with Crippen molar-refractivity contribution in [3.8, 4) is 0 Å². The quantitative estimate of drug-likeness (QED) is 0.936. The van der Waals surface area contributed by atoms with E-state index in [4.69, 9.17) is 0 Å². The van der Waals surface area contributed by atoms with Crippen LogP contribution in [0.4, 0.5) is 0 Å². The molecule has 1 atom stereocenters. The van der Waals surface area contributed by atoms with Crippen molar-refractivity contribution in [2.24, 2.45) is 0 Å². The Morgan fingerprint density at radius 2 is 1.88 bits per heavy atom. The summed E-state index contributed by atoms with van der Waals surface area (Å²) in [6.07, 6.45) is 9.95. The van der Waals surface area contributed by atoms with Gasteiger partial charge in [-0.3, -0.25) is 4.79 Å². The van der Waals surface area contributed by atoms with Crippen molar-refractivity contribution in [1.82, 2.24) is 14.9 Å². The molecule has 1 fully saturated rings. The average Bonchev–Trinajstić information content (AvgIpc) is 3.07. The Morgan fingerprint density at radius 1 is 1.08 bits per heavy atom. The van der Waals surface area contributed by atoms with E-state index in [1.54, 1.807) is 0 Å². The fourth-order valence-electron chi connectivity index (χ4n) is 4.06. The number of nitrogens with zero attached hydrogens (tertiary/aromatic N) is 2. The summed E-state index contributed by atoms with van der Waals surface area (Å²) in [5.41, 5.74) is 1.97. The highest BCUT2D eigenvalue weighted by atomic mass is 16.2. The number of aromatic nitrogens is 2. The van der Waals surface area contributed by atoms with E-state index in [-0.39, 0.29) is 5.91 Å². The van der Waals surface area contributed by atoms with E-state index in [1.807, 2.05) is 6.20 Å². The van der Waals surface area contributed by atoms with Gasteiger partial charge in [0.1, 0.15) is 11.5 Å². The predicted octanol–water partition coefficient (Wildman–Crippen LogP) is 3.68. The Bertz CT molecular complexity index is 701. The minimum atomic E-state index is 0.0000566. The molecule has 24 heavy (non-hydrogen) atoms.